The van der Waals surface area contributed by atoms with Crippen LogP contribution in [0.15, 0.2) is 6.07 Å². The zero-order valence-corrected chi connectivity index (χ0v) is 12.5. The van der Waals surface area contributed by atoms with Gasteiger partial charge in [-0.1, -0.05) is 11.8 Å². The summed E-state index contributed by atoms with van der Waals surface area (Å²) in [5.41, 5.74) is 6.39. The Bertz CT molecular complexity index is 542. The fourth-order valence-electron chi connectivity index (χ4n) is 2.44. The van der Waals surface area contributed by atoms with Gasteiger partial charge in [-0.15, -0.1) is 11.3 Å². The molecule has 0 aliphatic carbocycles. The largest absolute Gasteiger partial charge is 0.394 e. The smallest absolute Gasteiger partial charge is 0.264 e. The van der Waals surface area contributed by atoms with E-state index in [9.17, 15) is 9.90 Å². The van der Waals surface area contributed by atoms with E-state index in [2.05, 4.69) is 11.8 Å². The molecule has 0 radical (unpaired) electrons. The molecule has 4 nitrogen and oxygen atoms in total. The van der Waals surface area contributed by atoms with Gasteiger partial charge in [-0.3, -0.25) is 4.79 Å². The highest BCUT2D eigenvalue weighted by Gasteiger charge is 2.28. The maximum atomic E-state index is 12.6. The maximum absolute atomic E-state index is 12.6. The molecule has 3 N–H and O–H groups in total. The van der Waals surface area contributed by atoms with Gasteiger partial charge >= 0.3 is 0 Å². The Balaban J connectivity index is 2.20. The summed E-state index contributed by atoms with van der Waals surface area (Å²) in [5, 5.41) is 9.41. The number of aryl methyl sites for hydroxylation is 1. The summed E-state index contributed by atoms with van der Waals surface area (Å²) >= 11 is 1.41. The van der Waals surface area contributed by atoms with E-state index in [4.69, 9.17) is 5.73 Å². The minimum absolute atomic E-state index is 0.0117. The Hall–Kier alpha value is -1.35. The van der Waals surface area contributed by atoms with Crippen LogP contribution < -0.4 is 5.73 Å². The number of aliphatic hydroxyl groups excluding tert-OH is 1. The second-order valence-electron chi connectivity index (χ2n) is 4.96. The van der Waals surface area contributed by atoms with Gasteiger partial charge < -0.3 is 15.7 Å². The lowest BCUT2D eigenvalue weighted by Gasteiger charge is -2.34. The van der Waals surface area contributed by atoms with Crippen LogP contribution in [0.25, 0.3) is 0 Å². The molecule has 0 saturated carbocycles. The lowest BCUT2D eigenvalue weighted by molar-refractivity contribution is 0.0507. The molecule has 1 aliphatic heterocycles. The van der Waals surface area contributed by atoms with Crippen molar-refractivity contribution in [2.45, 2.75) is 32.2 Å². The van der Waals surface area contributed by atoms with Crippen LogP contribution in [-0.4, -0.2) is 41.7 Å². The van der Waals surface area contributed by atoms with Crippen molar-refractivity contribution >= 4 is 17.2 Å². The molecule has 1 aromatic heterocycles. The molecule has 1 aliphatic rings. The van der Waals surface area contributed by atoms with Gasteiger partial charge in [-0.25, -0.2) is 0 Å². The average molecular weight is 292 g/mol. The SMILES string of the molecule is Cc1cc(C(=O)N2CCCCC2CO)sc1C#CCN. The van der Waals surface area contributed by atoms with Gasteiger partial charge in [-0.2, -0.15) is 0 Å². The second kappa shape index (κ2) is 6.89. The highest BCUT2D eigenvalue weighted by Crippen LogP contribution is 2.25. The van der Waals surface area contributed by atoms with Crippen molar-refractivity contribution in [3.8, 4) is 11.8 Å². The number of hydrogen-bond acceptors (Lipinski definition) is 4. The summed E-state index contributed by atoms with van der Waals surface area (Å²) in [5.74, 6) is 5.83. The van der Waals surface area contributed by atoms with Crippen LogP contribution in [0.1, 0.15) is 39.4 Å². The van der Waals surface area contributed by atoms with Crippen molar-refractivity contribution in [3.05, 3.63) is 21.4 Å². The van der Waals surface area contributed by atoms with E-state index in [1.165, 1.54) is 11.3 Å². The fourth-order valence-corrected chi connectivity index (χ4v) is 3.45. The van der Waals surface area contributed by atoms with Crippen molar-refractivity contribution in [3.63, 3.8) is 0 Å². The molecule has 1 fully saturated rings. The predicted molar refractivity (Wildman–Crippen MR) is 80.7 cm³/mol. The van der Waals surface area contributed by atoms with Crippen LogP contribution in [0, 0.1) is 18.8 Å². The number of nitrogens with zero attached hydrogens (tertiary/aromatic N) is 1. The number of amides is 1. The quantitative estimate of drug-likeness (QED) is 0.809. The van der Waals surface area contributed by atoms with Crippen molar-refractivity contribution in [1.82, 2.24) is 4.90 Å². The van der Waals surface area contributed by atoms with Crippen LogP contribution in [0.5, 0.6) is 0 Å². The van der Waals surface area contributed by atoms with Crippen LogP contribution in [0.3, 0.4) is 0 Å². The summed E-state index contributed by atoms with van der Waals surface area (Å²) < 4.78 is 0. The first kappa shape index (κ1) is 15.0. The molecule has 1 unspecified atom stereocenters. The van der Waals surface area contributed by atoms with Gasteiger partial charge in [0, 0.05) is 6.54 Å². The van der Waals surface area contributed by atoms with E-state index in [0.717, 1.165) is 36.2 Å². The van der Waals surface area contributed by atoms with Gasteiger partial charge in [0.2, 0.25) is 0 Å². The number of hydrogen-bond donors (Lipinski definition) is 2. The molecule has 0 spiro atoms. The van der Waals surface area contributed by atoms with Crippen LogP contribution in [0.2, 0.25) is 0 Å². The van der Waals surface area contributed by atoms with Gasteiger partial charge in [0.05, 0.1) is 28.9 Å². The van der Waals surface area contributed by atoms with Gasteiger partial charge in [0.1, 0.15) is 0 Å². The highest BCUT2D eigenvalue weighted by atomic mass is 32.1. The molecule has 5 heteroatoms. The van der Waals surface area contributed by atoms with Crippen LogP contribution in [0.4, 0.5) is 0 Å². The molecular weight excluding hydrogens is 272 g/mol. The molecule has 1 atom stereocenters. The molecule has 1 saturated heterocycles. The fraction of sp³-hybridized carbons (Fsp3) is 0.533. The Labute approximate surface area is 123 Å². The first-order valence-electron chi connectivity index (χ1n) is 6.88. The molecule has 20 heavy (non-hydrogen) atoms. The number of piperidine rings is 1. The Kier molecular flexibility index (Phi) is 5.18. The summed E-state index contributed by atoms with van der Waals surface area (Å²) in [7, 11) is 0. The third kappa shape index (κ3) is 3.21. The maximum Gasteiger partial charge on any atom is 0.264 e. The third-order valence-electron chi connectivity index (χ3n) is 3.53. The summed E-state index contributed by atoms with van der Waals surface area (Å²) in [6, 6.07) is 1.84. The predicted octanol–water partition coefficient (Wildman–Crippen LogP) is 1.35. The van der Waals surface area contributed by atoms with Crippen molar-refractivity contribution in [2.75, 3.05) is 19.7 Å². The lowest BCUT2D eigenvalue weighted by atomic mass is 10.0. The molecule has 1 aromatic rings. The van der Waals surface area contributed by atoms with Crippen LogP contribution >= 0.6 is 11.3 Å². The molecule has 108 valence electrons. The molecular formula is C15H20N2O2S. The number of carbonyl (C=O) groups is 1. The van der Waals surface area contributed by atoms with Crippen molar-refractivity contribution in [2.24, 2.45) is 5.73 Å². The number of likely N-dealkylation sites (tertiary alicyclic amines) is 1. The van der Waals surface area contributed by atoms with E-state index < -0.39 is 0 Å². The Morgan fingerprint density at radius 1 is 1.60 bits per heavy atom. The minimum atomic E-state index is -0.0442. The average Bonchev–Trinajstić information content (AvgIpc) is 2.85. The zero-order chi connectivity index (χ0) is 14.5. The molecule has 0 aromatic carbocycles. The number of nitrogens with two attached hydrogens (primary N) is 1. The third-order valence-corrected chi connectivity index (χ3v) is 4.67. The van der Waals surface area contributed by atoms with E-state index in [1.54, 1.807) is 4.90 Å². The zero-order valence-electron chi connectivity index (χ0n) is 11.7. The monoisotopic (exact) mass is 292 g/mol. The van der Waals surface area contributed by atoms with Crippen molar-refractivity contribution in [1.29, 1.82) is 0 Å². The van der Waals surface area contributed by atoms with E-state index in [-0.39, 0.29) is 18.6 Å². The van der Waals surface area contributed by atoms with Crippen molar-refractivity contribution < 1.29 is 9.90 Å². The highest BCUT2D eigenvalue weighted by molar-refractivity contribution is 7.14. The second-order valence-corrected chi connectivity index (χ2v) is 6.01. The molecule has 2 heterocycles. The molecule has 1 amide bonds. The Morgan fingerprint density at radius 3 is 3.10 bits per heavy atom. The van der Waals surface area contributed by atoms with Crippen LogP contribution in [-0.2, 0) is 0 Å². The normalized spacial score (nSPS) is 18.6. The number of carbonyl (C=O) groups excluding carboxylic acids is 1. The summed E-state index contributed by atoms with van der Waals surface area (Å²) in [4.78, 5) is 16.0. The number of thiophene rings is 1. The minimum Gasteiger partial charge on any atom is -0.394 e. The Morgan fingerprint density at radius 2 is 2.40 bits per heavy atom. The van der Waals surface area contributed by atoms with E-state index >= 15 is 0 Å². The number of rotatable bonds is 2. The topological polar surface area (TPSA) is 66.6 Å². The summed E-state index contributed by atoms with van der Waals surface area (Å²) in [6.07, 6.45) is 2.96. The molecule has 2 rings (SSSR count). The van der Waals surface area contributed by atoms with E-state index in [0.29, 0.717) is 11.4 Å². The summed E-state index contributed by atoms with van der Waals surface area (Å²) in [6.45, 7) is 3.04. The first-order chi connectivity index (χ1) is 9.67. The molecule has 0 bridgehead atoms. The number of aliphatic hydroxyl groups is 1. The van der Waals surface area contributed by atoms with Gasteiger partial charge in [-0.05, 0) is 37.8 Å². The van der Waals surface area contributed by atoms with Gasteiger partial charge in [0.25, 0.3) is 5.91 Å². The first-order valence-corrected chi connectivity index (χ1v) is 7.70. The lowest BCUT2D eigenvalue weighted by Crippen LogP contribution is -2.45. The standard InChI is InChI=1S/C15H20N2O2S/c1-11-9-14(20-13(11)6-4-7-16)15(19)17-8-3-2-5-12(17)10-18/h9,12,18H,2-3,5,7-8,10,16H2,1H3. The van der Waals surface area contributed by atoms with Gasteiger partial charge in [0.15, 0.2) is 0 Å². The van der Waals surface area contributed by atoms with E-state index in [1.807, 2.05) is 13.0 Å².